The number of rotatable bonds is 3. The summed E-state index contributed by atoms with van der Waals surface area (Å²) in [6.45, 7) is 0. The molecule has 0 radical (unpaired) electrons. The molecule has 2 nitrogen and oxygen atoms in total. The fraction of sp³-hybridized carbons (Fsp3) is 1.00. The van der Waals surface area contributed by atoms with Crippen LogP contribution in [-0.2, 0) is 0 Å². The summed E-state index contributed by atoms with van der Waals surface area (Å²) >= 11 is 0. The van der Waals surface area contributed by atoms with E-state index in [1.54, 1.807) is 0 Å². The molecule has 0 amide bonds. The summed E-state index contributed by atoms with van der Waals surface area (Å²) in [6, 6.07) is 0. The van der Waals surface area contributed by atoms with E-state index in [9.17, 15) is 10.2 Å². The molecule has 2 saturated carbocycles. The van der Waals surface area contributed by atoms with Gasteiger partial charge in [0, 0.05) is 0 Å². The Bertz CT molecular complexity index is 167. The highest BCUT2D eigenvalue weighted by atomic mass is 16.3. The predicted molar refractivity (Wildman–Crippen MR) is 65.2 cm³/mol. The first-order valence-corrected chi connectivity index (χ1v) is 7.10. The number of hydrogen-bond donors (Lipinski definition) is 2. The number of hydrogen-bond acceptors (Lipinski definition) is 2. The van der Waals surface area contributed by atoms with Crippen molar-refractivity contribution in [3.05, 3.63) is 0 Å². The summed E-state index contributed by atoms with van der Waals surface area (Å²) in [7, 11) is 0. The van der Waals surface area contributed by atoms with Crippen molar-refractivity contribution in [3.8, 4) is 0 Å². The van der Waals surface area contributed by atoms with Crippen molar-refractivity contribution in [1.29, 1.82) is 0 Å². The molecule has 0 spiro atoms. The molecule has 0 aromatic heterocycles. The molecule has 2 rings (SSSR count). The van der Waals surface area contributed by atoms with Crippen molar-refractivity contribution in [2.75, 3.05) is 0 Å². The molecule has 2 aliphatic rings. The Hall–Kier alpha value is -0.0800. The van der Waals surface area contributed by atoms with E-state index in [0.717, 1.165) is 37.5 Å². The minimum absolute atomic E-state index is 0.0129. The molecular formula is C14H26O2. The van der Waals surface area contributed by atoms with Crippen LogP contribution in [0.15, 0.2) is 0 Å². The van der Waals surface area contributed by atoms with Crippen molar-refractivity contribution < 1.29 is 10.2 Å². The van der Waals surface area contributed by atoms with Gasteiger partial charge in [0.2, 0.25) is 0 Å². The first-order chi connectivity index (χ1) is 7.74. The molecule has 0 atom stereocenters. The molecule has 0 saturated heterocycles. The zero-order chi connectivity index (χ0) is 11.4. The summed E-state index contributed by atoms with van der Waals surface area (Å²) < 4.78 is 0. The Balaban J connectivity index is 1.60. The van der Waals surface area contributed by atoms with Crippen LogP contribution < -0.4 is 0 Å². The first kappa shape index (κ1) is 12.4. The van der Waals surface area contributed by atoms with E-state index in [0.29, 0.717) is 0 Å². The van der Waals surface area contributed by atoms with Crippen molar-refractivity contribution in [3.63, 3.8) is 0 Å². The summed E-state index contributed by atoms with van der Waals surface area (Å²) in [5.74, 6) is 1.74. The predicted octanol–water partition coefficient (Wildman–Crippen LogP) is 2.87. The highest BCUT2D eigenvalue weighted by molar-refractivity contribution is 4.75. The number of aliphatic hydroxyl groups excluding tert-OH is 2. The van der Waals surface area contributed by atoms with Gasteiger partial charge in [-0.1, -0.05) is 12.8 Å². The zero-order valence-electron chi connectivity index (χ0n) is 10.3. The van der Waals surface area contributed by atoms with Gasteiger partial charge < -0.3 is 10.2 Å². The van der Waals surface area contributed by atoms with E-state index in [1.807, 2.05) is 0 Å². The smallest absolute Gasteiger partial charge is 0.0540 e. The van der Waals surface area contributed by atoms with E-state index in [2.05, 4.69) is 0 Å². The van der Waals surface area contributed by atoms with Gasteiger partial charge in [0.15, 0.2) is 0 Å². The Labute approximate surface area is 99.1 Å². The third kappa shape index (κ3) is 3.74. The van der Waals surface area contributed by atoms with Gasteiger partial charge in [-0.3, -0.25) is 0 Å². The van der Waals surface area contributed by atoms with E-state index in [4.69, 9.17) is 0 Å². The van der Waals surface area contributed by atoms with Crippen LogP contribution in [0.5, 0.6) is 0 Å². The molecule has 0 unspecified atom stereocenters. The van der Waals surface area contributed by atoms with Gasteiger partial charge in [0.1, 0.15) is 0 Å². The van der Waals surface area contributed by atoms with Crippen LogP contribution in [0.25, 0.3) is 0 Å². The third-order valence-electron chi connectivity index (χ3n) is 4.62. The summed E-state index contributed by atoms with van der Waals surface area (Å²) in [5.41, 5.74) is 0. The standard InChI is InChI=1S/C14H26O2/c15-13-7-3-11(4-8-13)1-2-12-5-9-14(16)10-6-12/h11-16H,1-10H2/t11-,12-,13-,14-. The average molecular weight is 226 g/mol. The Morgan fingerprint density at radius 3 is 1.19 bits per heavy atom. The summed E-state index contributed by atoms with van der Waals surface area (Å²) in [6.07, 6.45) is 11.7. The SMILES string of the molecule is O[C@H]1CC[C@H](CC[C@H]2CC[C@H](O)CC2)CC1. The van der Waals surface area contributed by atoms with Crippen molar-refractivity contribution in [1.82, 2.24) is 0 Å². The normalized spacial score (nSPS) is 40.9. The zero-order valence-corrected chi connectivity index (χ0v) is 10.3. The Kier molecular flexibility index (Phi) is 4.66. The van der Waals surface area contributed by atoms with Gasteiger partial charge >= 0.3 is 0 Å². The molecule has 2 heteroatoms. The van der Waals surface area contributed by atoms with Crippen molar-refractivity contribution in [2.24, 2.45) is 11.8 Å². The van der Waals surface area contributed by atoms with Gasteiger partial charge in [-0.05, 0) is 63.2 Å². The van der Waals surface area contributed by atoms with Crippen LogP contribution in [-0.4, -0.2) is 22.4 Å². The van der Waals surface area contributed by atoms with Gasteiger partial charge in [0.05, 0.1) is 12.2 Å². The topological polar surface area (TPSA) is 40.5 Å². The lowest BCUT2D eigenvalue weighted by molar-refractivity contribution is 0.0921. The molecule has 0 bridgehead atoms. The van der Waals surface area contributed by atoms with E-state index >= 15 is 0 Å². The first-order valence-electron chi connectivity index (χ1n) is 7.10. The molecule has 0 aromatic rings. The summed E-state index contributed by atoms with van der Waals surface area (Å²) in [4.78, 5) is 0. The second kappa shape index (κ2) is 6.02. The van der Waals surface area contributed by atoms with Crippen LogP contribution in [0.3, 0.4) is 0 Å². The highest BCUT2D eigenvalue weighted by Gasteiger charge is 2.23. The van der Waals surface area contributed by atoms with Crippen LogP contribution in [0.2, 0.25) is 0 Å². The van der Waals surface area contributed by atoms with Crippen LogP contribution >= 0.6 is 0 Å². The molecule has 0 heterocycles. The minimum Gasteiger partial charge on any atom is -0.393 e. The van der Waals surface area contributed by atoms with E-state index < -0.39 is 0 Å². The Morgan fingerprint density at radius 1 is 0.562 bits per heavy atom. The maximum atomic E-state index is 9.45. The van der Waals surface area contributed by atoms with Gasteiger partial charge in [-0.25, -0.2) is 0 Å². The lowest BCUT2D eigenvalue weighted by Gasteiger charge is -2.29. The molecule has 2 aliphatic carbocycles. The number of aliphatic hydroxyl groups is 2. The van der Waals surface area contributed by atoms with Crippen molar-refractivity contribution in [2.45, 2.75) is 76.4 Å². The molecule has 16 heavy (non-hydrogen) atoms. The van der Waals surface area contributed by atoms with E-state index in [1.165, 1.54) is 38.5 Å². The fourth-order valence-corrected chi connectivity index (χ4v) is 3.34. The van der Waals surface area contributed by atoms with Gasteiger partial charge in [-0.2, -0.15) is 0 Å². The monoisotopic (exact) mass is 226 g/mol. The molecule has 2 N–H and O–H groups in total. The van der Waals surface area contributed by atoms with Crippen LogP contribution in [0.4, 0.5) is 0 Å². The molecule has 2 fully saturated rings. The fourth-order valence-electron chi connectivity index (χ4n) is 3.34. The largest absolute Gasteiger partial charge is 0.393 e. The average Bonchev–Trinajstić information content (AvgIpc) is 2.30. The van der Waals surface area contributed by atoms with Crippen molar-refractivity contribution >= 4 is 0 Å². The second-order valence-corrected chi connectivity index (χ2v) is 5.93. The van der Waals surface area contributed by atoms with E-state index in [-0.39, 0.29) is 12.2 Å². The molecule has 0 aliphatic heterocycles. The third-order valence-corrected chi connectivity index (χ3v) is 4.62. The lowest BCUT2D eigenvalue weighted by Crippen LogP contribution is -2.21. The van der Waals surface area contributed by atoms with Gasteiger partial charge in [0.25, 0.3) is 0 Å². The lowest BCUT2D eigenvalue weighted by atomic mass is 9.79. The molecular weight excluding hydrogens is 200 g/mol. The second-order valence-electron chi connectivity index (χ2n) is 5.93. The maximum Gasteiger partial charge on any atom is 0.0540 e. The van der Waals surface area contributed by atoms with Crippen LogP contribution in [0, 0.1) is 11.8 Å². The maximum absolute atomic E-state index is 9.45. The highest BCUT2D eigenvalue weighted by Crippen LogP contribution is 2.33. The minimum atomic E-state index is -0.0129. The summed E-state index contributed by atoms with van der Waals surface area (Å²) in [5, 5.41) is 18.9. The van der Waals surface area contributed by atoms with Gasteiger partial charge in [-0.15, -0.1) is 0 Å². The quantitative estimate of drug-likeness (QED) is 0.777. The molecule has 0 aromatic carbocycles. The molecule has 94 valence electrons. The Morgan fingerprint density at radius 2 is 0.875 bits per heavy atom. The van der Waals surface area contributed by atoms with Crippen LogP contribution in [0.1, 0.15) is 64.2 Å².